The van der Waals surface area contributed by atoms with E-state index in [2.05, 4.69) is 15.9 Å². The number of amides is 2. The van der Waals surface area contributed by atoms with Crippen LogP contribution in [0.15, 0.2) is 18.2 Å². The lowest BCUT2D eigenvalue weighted by atomic mass is 10.1. The Hall–Kier alpha value is -2.12. The number of likely N-dealkylation sites (tertiary alicyclic amines) is 1. The third kappa shape index (κ3) is 2.74. The first-order chi connectivity index (χ1) is 11.6. The van der Waals surface area contributed by atoms with Gasteiger partial charge >= 0.3 is 0 Å². The average Bonchev–Trinajstić information content (AvgIpc) is 3.15. The van der Waals surface area contributed by atoms with Crippen LogP contribution in [0.25, 0.3) is 0 Å². The smallest absolute Gasteiger partial charge is 0.246 e. The van der Waals surface area contributed by atoms with Gasteiger partial charge in [-0.15, -0.1) is 0 Å². The summed E-state index contributed by atoms with van der Waals surface area (Å²) in [5, 5.41) is 0. The summed E-state index contributed by atoms with van der Waals surface area (Å²) in [6.07, 6.45) is 0.317. The topological polar surface area (TPSA) is 62.3 Å². The highest BCUT2D eigenvalue weighted by atomic mass is 16.7. The molecule has 4 rings (SSSR count). The van der Waals surface area contributed by atoms with E-state index in [1.165, 1.54) is 10.5 Å². The first-order valence-corrected chi connectivity index (χ1v) is 8.27. The number of rotatable bonds is 3. The van der Waals surface area contributed by atoms with Crippen LogP contribution in [0.3, 0.4) is 0 Å². The van der Waals surface area contributed by atoms with Crippen molar-refractivity contribution < 1.29 is 19.1 Å². The van der Waals surface area contributed by atoms with E-state index in [-0.39, 0.29) is 17.9 Å². The molecule has 128 valence electrons. The molecule has 24 heavy (non-hydrogen) atoms. The molecule has 7 heteroatoms. The first-order valence-electron chi connectivity index (χ1n) is 8.27. The molecule has 1 atom stereocenters. The van der Waals surface area contributed by atoms with Crippen molar-refractivity contribution in [3.05, 3.63) is 23.8 Å². The van der Waals surface area contributed by atoms with Crippen molar-refractivity contribution in [2.75, 3.05) is 40.0 Å². The van der Waals surface area contributed by atoms with Gasteiger partial charge in [0.1, 0.15) is 0 Å². The Morgan fingerprint density at radius 3 is 2.54 bits per heavy atom. The van der Waals surface area contributed by atoms with Crippen molar-refractivity contribution in [3.63, 3.8) is 0 Å². The van der Waals surface area contributed by atoms with Gasteiger partial charge in [-0.3, -0.25) is 24.3 Å². The summed E-state index contributed by atoms with van der Waals surface area (Å²) in [6.45, 7) is 4.53. The Bertz CT molecular complexity index is 670. The lowest BCUT2D eigenvalue weighted by Gasteiger charge is -2.36. The molecular formula is C17H21N3O4. The minimum atomic E-state index is -0.268. The van der Waals surface area contributed by atoms with E-state index in [9.17, 15) is 9.59 Å². The van der Waals surface area contributed by atoms with E-state index in [4.69, 9.17) is 9.47 Å². The fourth-order valence-electron chi connectivity index (χ4n) is 3.55. The summed E-state index contributed by atoms with van der Waals surface area (Å²) in [5.41, 5.74) is 1.19. The number of nitrogens with zero attached hydrogens (tertiary/aromatic N) is 3. The average molecular weight is 331 g/mol. The summed E-state index contributed by atoms with van der Waals surface area (Å²) >= 11 is 0. The van der Waals surface area contributed by atoms with Crippen molar-refractivity contribution in [1.82, 2.24) is 14.7 Å². The Morgan fingerprint density at radius 1 is 1.08 bits per heavy atom. The molecule has 7 nitrogen and oxygen atoms in total. The minimum Gasteiger partial charge on any atom is -0.454 e. The van der Waals surface area contributed by atoms with Gasteiger partial charge < -0.3 is 9.47 Å². The van der Waals surface area contributed by atoms with Crippen molar-refractivity contribution in [2.45, 2.75) is 19.0 Å². The van der Waals surface area contributed by atoms with Crippen LogP contribution in [0.5, 0.6) is 11.5 Å². The molecule has 0 aliphatic carbocycles. The molecule has 3 heterocycles. The molecule has 0 radical (unpaired) electrons. The first kappa shape index (κ1) is 15.4. The predicted molar refractivity (Wildman–Crippen MR) is 85.6 cm³/mol. The normalized spacial score (nSPS) is 24.9. The van der Waals surface area contributed by atoms with Crippen LogP contribution in [-0.4, -0.2) is 72.6 Å². The van der Waals surface area contributed by atoms with E-state index >= 15 is 0 Å². The van der Waals surface area contributed by atoms with Crippen LogP contribution >= 0.6 is 0 Å². The van der Waals surface area contributed by atoms with Crippen LogP contribution < -0.4 is 9.47 Å². The standard InChI is InChI=1S/C17H21N3O4/c1-18-16(21)9-13(17(18)22)20-6-4-19(5-7-20)10-12-2-3-14-15(8-12)24-11-23-14/h2-3,8,13H,4-7,9-11H2,1H3/t13-/m0/s1. The van der Waals surface area contributed by atoms with Gasteiger partial charge in [0, 0.05) is 39.8 Å². The predicted octanol–water partition coefficient (Wildman–Crippen LogP) is 0.290. The lowest BCUT2D eigenvalue weighted by molar-refractivity contribution is -0.138. The number of piperazine rings is 1. The van der Waals surface area contributed by atoms with Gasteiger partial charge in [0.2, 0.25) is 18.6 Å². The number of likely N-dealkylation sites (N-methyl/N-ethyl adjacent to an activating group) is 1. The molecule has 0 bridgehead atoms. The van der Waals surface area contributed by atoms with Gasteiger partial charge in [-0.1, -0.05) is 6.07 Å². The fraction of sp³-hybridized carbons (Fsp3) is 0.529. The highest BCUT2D eigenvalue weighted by Crippen LogP contribution is 2.33. The van der Waals surface area contributed by atoms with Crippen LogP contribution in [0.2, 0.25) is 0 Å². The van der Waals surface area contributed by atoms with Gasteiger partial charge in [0.05, 0.1) is 12.5 Å². The number of ether oxygens (including phenoxy) is 2. The summed E-state index contributed by atoms with van der Waals surface area (Å²) in [5.74, 6) is 1.47. The quantitative estimate of drug-likeness (QED) is 0.742. The number of hydrogen-bond acceptors (Lipinski definition) is 6. The van der Waals surface area contributed by atoms with E-state index in [0.29, 0.717) is 13.2 Å². The van der Waals surface area contributed by atoms with Crippen LogP contribution in [-0.2, 0) is 16.1 Å². The fourth-order valence-corrected chi connectivity index (χ4v) is 3.55. The van der Waals surface area contributed by atoms with Gasteiger partial charge in [-0.05, 0) is 17.7 Å². The van der Waals surface area contributed by atoms with Crippen LogP contribution in [0, 0.1) is 0 Å². The number of hydrogen-bond donors (Lipinski definition) is 0. The second-order valence-electron chi connectivity index (χ2n) is 6.51. The Labute approximate surface area is 140 Å². The number of carbonyl (C=O) groups excluding carboxylic acids is 2. The van der Waals surface area contributed by atoms with Crippen molar-refractivity contribution in [2.24, 2.45) is 0 Å². The number of carbonyl (C=O) groups is 2. The molecule has 3 aliphatic rings. The zero-order chi connectivity index (χ0) is 16.7. The van der Waals surface area contributed by atoms with Crippen molar-refractivity contribution in [1.29, 1.82) is 0 Å². The molecule has 2 fully saturated rings. The SMILES string of the molecule is CN1C(=O)C[C@H](N2CCN(Cc3ccc4c(c3)OCO4)CC2)C1=O. The molecule has 0 saturated carbocycles. The number of imide groups is 1. The maximum Gasteiger partial charge on any atom is 0.246 e. The highest BCUT2D eigenvalue weighted by molar-refractivity contribution is 6.05. The molecular weight excluding hydrogens is 310 g/mol. The lowest BCUT2D eigenvalue weighted by Crippen LogP contribution is -2.52. The van der Waals surface area contributed by atoms with Crippen molar-refractivity contribution >= 4 is 11.8 Å². The number of fused-ring (bicyclic) bond motifs is 1. The molecule has 0 unspecified atom stereocenters. The molecule has 1 aromatic carbocycles. The summed E-state index contributed by atoms with van der Waals surface area (Å²) in [7, 11) is 1.57. The maximum atomic E-state index is 12.1. The van der Waals surface area contributed by atoms with Gasteiger partial charge in [0.15, 0.2) is 11.5 Å². The summed E-state index contributed by atoms with van der Waals surface area (Å²) in [6, 6.07) is 5.78. The minimum absolute atomic E-state index is 0.0655. The Kier molecular flexibility index (Phi) is 3.90. The monoisotopic (exact) mass is 331 g/mol. The van der Waals surface area contributed by atoms with Gasteiger partial charge in [-0.2, -0.15) is 0 Å². The molecule has 2 amide bonds. The zero-order valence-corrected chi connectivity index (χ0v) is 13.7. The van der Waals surface area contributed by atoms with E-state index in [1.807, 2.05) is 12.1 Å². The molecule has 3 aliphatic heterocycles. The molecule has 0 spiro atoms. The van der Waals surface area contributed by atoms with Gasteiger partial charge in [-0.25, -0.2) is 0 Å². The largest absolute Gasteiger partial charge is 0.454 e. The molecule has 2 saturated heterocycles. The second kappa shape index (κ2) is 6.07. The van der Waals surface area contributed by atoms with Gasteiger partial charge in [0.25, 0.3) is 0 Å². The third-order valence-corrected chi connectivity index (χ3v) is 5.05. The summed E-state index contributed by atoms with van der Waals surface area (Å²) < 4.78 is 10.8. The third-order valence-electron chi connectivity index (χ3n) is 5.05. The second-order valence-corrected chi connectivity index (χ2v) is 6.51. The van der Waals surface area contributed by atoms with Crippen LogP contribution in [0.4, 0.5) is 0 Å². The van der Waals surface area contributed by atoms with E-state index < -0.39 is 0 Å². The highest BCUT2D eigenvalue weighted by Gasteiger charge is 2.40. The van der Waals surface area contributed by atoms with Crippen LogP contribution in [0.1, 0.15) is 12.0 Å². The summed E-state index contributed by atoms with van der Waals surface area (Å²) in [4.78, 5) is 29.6. The maximum absolute atomic E-state index is 12.1. The molecule has 0 aromatic heterocycles. The van der Waals surface area contributed by atoms with Crippen molar-refractivity contribution in [3.8, 4) is 11.5 Å². The molecule has 1 aromatic rings. The zero-order valence-electron chi connectivity index (χ0n) is 13.7. The number of benzene rings is 1. The molecule has 0 N–H and O–H groups in total. The van der Waals surface area contributed by atoms with E-state index in [0.717, 1.165) is 44.2 Å². The Morgan fingerprint density at radius 2 is 1.83 bits per heavy atom. The van der Waals surface area contributed by atoms with E-state index in [1.54, 1.807) is 7.05 Å². The Balaban J connectivity index is 1.33.